The molecule has 1 unspecified atom stereocenters. The van der Waals surface area contributed by atoms with E-state index in [9.17, 15) is 9.90 Å². The second-order valence-corrected chi connectivity index (χ2v) is 4.77. The number of carboxylic acid groups (broad SMARTS) is 1. The highest BCUT2D eigenvalue weighted by Crippen LogP contribution is 2.40. The van der Waals surface area contributed by atoms with E-state index in [4.69, 9.17) is 0 Å². The fourth-order valence-electron chi connectivity index (χ4n) is 2.31. The van der Waals surface area contributed by atoms with E-state index in [1.807, 2.05) is 20.8 Å². The molecule has 0 aromatic heterocycles. The first kappa shape index (κ1) is 11.5. The Labute approximate surface area is 85.9 Å². The van der Waals surface area contributed by atoms with Crippen LogP contribution in [0, 0.1) is 17.3 Å². The van der Waals surface area contributed by atoms with Crippen molar-refractivity contribution in [2.45, 2.75) is 33.6 Å². The molecule has 3 heteroatoms. The summed E-state index contributed by atoms with van der Waals surface area (Å²) < 4.78 is 0. The molecule has 1 heterocycles. The predicted octanol–water partition coefficient (Wildman–Crippen LogP) is 1.73. The summed E-state index contributed by atoms with van der Waals surface area (Å²) in [6.07, 6.45) is 1.97. The average Bonchev–Trinajstić information content (AvgIpc) is 2.17. The molecule has 0 aromatic carbocycles. The third-order valence-corrected chi connectivity index (χ3v) is 3.85. The summed E-state index contributed by atoms with van der Waals surface area (Å²) in [6.45, 7) is 7.84. The molecule has 0 radical (unpaired) electrons. The normalized spacial score (nSPS) is 23.4. The fourth-order valence-corrected chi connectivity index (χ4v) is 2.31. The first-order valence-electron chi connectivity index (χ1n) is 5.43. The third-order valence-electron chi connectivity index (χ3n) is 3.85. The van der Waals surface area contributed by atoms with Crippen molar-refractivity contribution in [3.05, 3.63) is 0 Å². The number of hydrogen-bond donors (Lipinski definition) is 2. The molecule has 14 heavy (non-hydrogen) atoms. The SMILES string of the molecule is CC(C)C(C)(C(=O)O)C1CCNCC1. The van der Waals surface area contributed by atoms with Crippen molar-refractivity contribution in [3.63, 3.8) is 0 Å². The Morgan fingerprint density at radius 1 is 1.43 bits per heavy atom. The summed E-state index contributed by atoms with van der Waals surface area (Å²) in [4.78, 5) is 11.3. The molecule has 0 saturated carbocycles. The number of piperidine rings is 1. The largest absolute Gasteiger partial charge is 0.481 e. The van der Waals surface area contributed by atoms with Crippen LogP contribution < -0.4 is 5.32 Å². The minimum Gasteiger partial charge on any atom is -0.481 e. The highest BCUT2D eigenvalue weighted by molar-refractivity contribution is 5.74. The van der Waals surface area contributed by atoms with Crippen molar-refractivity contribution in [1.29, 1.82) is 0 Å². The van der Waals surface area contributed by atoms with E-state index < -0.39 is 11.4 Å². The number of hydrogen-bond acceptors (Lipinski definition) is 2. The van der Waals surface area contributed by atoms with Crippen molar-refractivity contribution < 1.29 is 9.90 Å². The van der Waals surface area contributed by atoms with Crippen LogP contribution in [0.2, 0.25) is 0 Å². The monoisotopic (exact) mass is 199 g/mol. The predicted molar refractivity (Wildman–Crippen MR) is 56.2 cm³/mol. The lowest BCUT2D eigenvalue weighted by Gasteiger charge is -2.39. The lowest BCUT2D eigenvalue weighted by Crippen LogP contribution is -2.45. The smallest absolute Gasteiger partial charge is 0.309 e. The molecule has 1 atom stereocenters. The van der Waals surface area contributed by atoms with Gasteiger partial charge in [-0.2, -0.15) is 0 Å². The maximum atomic E-state index is 11.3. The van der Waals surface area contributed by atoms with Gasteiger partial charge in [0.25, 0.3) is 0 Å². The number of carboxylic acids is 1. The van der Waals surface area contributed by atoms with E-state index in [1.54, 1.807) is 0 Å². The highest BCUT2D eigenvalue weighted by Gasteiger charge is 2.44. The molecule has 1 fully saturated rings. The minimum absolute atomic E-state index is 0.197. The van der Waals surface area contributed by atoms with Crippen molar-refractivity contribution in [1.82, 2.24) is 5.32 Å². The number of rotatable bonds is 3. The van der Waals surface area contributed by atoms with Gasteiger partial charge in [-0.25, -0.2) is 0 Å². The topological polar surface area (TPSA) is 49.3 Å². The summed E-state index contributed by atoms with van der Waals surface area (Å²) in [7, 11) is 0. The second-order valence-electron chi connectivity index (χ2n) is 4.77. The molecule has 0 aromatic rings. The van der Waals surface area contributed by atoms with Gasteiger partial charge < -0.3 is 10.4 Å². The van der Waals surface area contributed by atoms with Crippen LogP contribution in [0.25, 0.3) is 0 Å². The van der Waals surface area contributed by atoms with Gasteiger partial charge in [0.2, 0.25) is 0 Å². The molecule has 1 aliphatic heterocycles. The van der Waals surface area contributed by atoms with E-state index >= 15 is 0 Å². The van der Waals surface area contributed by atoms with Gasteiger partial charge in [-0.3, -0.25) is 4.79 Å². The zero-order valence-corrected chi connectivity index (χ0v) is 9.34. The minimum atomic E-state index is -0.639. The van der Waals surface area contributed by atoms with E-state index in [-0.39, 0.29) is 5.92 Å². The molecule has 0 amide bonds. The lowest BCUT2D eigenvalue weighted by atomic mass is 9.66. The van der Waals surface area contributed by atoms with Crippen LogP contribution in [0.1, 0.15) is 33.6 Å². The Balaban J connectivity index is 2.80. The van der Waals surface area contributed by atoms with Crippen molar-refractivity contribution in [2.24, 2.45) is 17.3 Å². The number of aliphatic carboxylic acids is 1. The van der Waals surface area contributed by atoms with Crippen molar-refractivity contribution in [2.75, 3.05) is 13.1 Å². The van der Waals surface area contributed by atoms with Gasteiger partial charge >= 0.3 is 5.97 Å². The van der Waals surface area contributed by atoms with Crippen LogP contribution in [0.4, 0.5) is 0 Å². The summed E-state index contributed by atoms with van der Waals surface area (Å²) in [5.41, 5.74) is -0.553. The van der Waals surface area contributed by atoms with Crippen LogP contribution in [0.15, 0.2) is 0 Å². The Bertz CT molecular complexity index is 209. The Morgan fingerprint density at radius 2 is 1.93 bits per heavy atom. The van der Waals surface area contributed by atoms with Gasteiger partial charge in [0, 0.05) is 0 Å². The van der Waals surface area contributed by atoms with Crippen molar-refractivity contribution in [3.8, 4) is 0 Å². The van der Waals surface area contributed by atoms with Crippen LogP contribution >= 0.6 is 0 Å². The Morgan fingerprint density at radius 3 is 2.29 bits per heavy atom. The van der Waals surface area contributed by atoms with Gasteiger partial charge in [-0.15, -0.1) is 0 Å². The lowest BCUT2D eigenvalue weighted by molar-refractivity contribution is -0.155. The van der Waals surface area contributed by atoms with E-state index in [1.165, 1.54) is 0 Å². The van der Waals surface area contributed by atoms with Crippen LogP contribution in [0.3, 0.4) is 0 Å². The second kappa shape index (κ2) is 4.30. The quantitative estimate of drug-likeness (QED) is 0.727. The average molecular weight is 199 g/mol. The summed E-state index contributed by atoms with van der Waals surface area (Å²) in [5.74, 6) is -0.122. The summed E-state index contributed by atoms with van der Waals surface area (Å²) in [6, 6.07) is 0. The highest BCUT2D eigenvalue weighted by atomic mass is 16.4. The molecule has 82 valence electrons. The van der Waals surface area contributed by atoms with Gasteiger partial charge in [0.05, 0.1) is 5.41 Å². The van der Waals surface area contributed by atoms with Crippen LogP contribution in [0.5, 0.6) is 0 Å². The van der Waals surface area contributed by atoms with Crippen LogP contribution in [-0.4, -0.2) is 24.2 Å². The van der Waals surface area contributed by atoms with Gasteiger partial charge in [-0.05, 0) is 44.7 Å². The summed E-state index contributed by atoms with van der Waals surface area (Å²) >= 11 is 0. The number of nitrogens with one attached hydrogen (secondary N) is 1. The van der Waals surface area contributed by atoms with E-state index in [0.29, 0.717) is 5.92 Å². The van der Waals surface area contributed by atoms with Gasteiger partial charge in [0.1, 0.15) is 0 Å². The molecule has 3 nitrogen and oxygen atoms in total. The number of carbonyl (C=O) groups is 1. The Hall–Kier alpha value is -0.570. The first-order chi connectivity index (χ1) is 6.49. The molecule has 1 rings (SSSR count). The van der Waals surface area contributed by atoms with Gasteiger partial charge in [0.15, 0.2) is 0 Å². The molecule has 1 saturated heterocycles. The van der Waals surface area contributed by atoms with Crippen molar-refractivity contribution >= 4 is 5.97 Å². The van der Waals surface area contributed by atoms with Gasteiger partial charge in [-0.1, -0.05) is 13.8 Å². The fraction of sp³-hybridized carbons (Fsp3) is 0.909. The molecular weight excluding hydrogens is 178 g/mol. The van der Waals surface area contributed by atoms with E-state index in [2.05, 4.69) is 5.32 Å². The molecule has 0 aliphatic carbocycles. The third kappa shape index (κ3) is 1.92. The molecule has 0 spiro atoms. The first-order valence-corrected chi connectivity index (χ1v) is 5.43. The standard InChI is InChI=1S/C11H21NO2/c1-8(2)11(3,10(13)14)9-4-6-12-7-5-9/h8-9,12H,4-7H2,1-3H3,(H,13,14). The molecule has 2 N–H and O–H groups in total. The zero-order valence-electron chi connectivity index (χ0n) is 9.34. The molecular formula is C11H21NO2. The zero-order chi connectivity index (χ0) is 10.8. The van der Waals surface area contributed by atoms with Crippen LogP contribution in [-0.2, 0) is 4.79 Å². The maximum absolute atomic E-state index is 11.3. The van der Waals surface area contributed by atoms with E-state index in [0.717, 1.165) is 25.9 Å². The maximum Gasteiger partial charge on any atom is 0.309 e. The molecule has 1 aliphatic rings. The Kier molecular flexibility index (Phi) is 3.53. The molecule has 0 bridgehead atoms. The summed E-state index contributed by atoms with van der Waals surface area (Å²) in [5, 5.41) is 12.6.